The van der Waals surface area contributed by atoms with E-state index in [1.165, 1.54) is 18.6 Å². The highest BCUT2D eigenvalue weighted by atomic mass is 35.5. The molecule has 0 aliphatic heterocycles. The molecule has 0 rings (SSSR count). The van der Waals surface area contributed by atoms with E-state index >= 15 is 0 Å². The number of alkyl halides is 1. The summed E-state index contributed by atoms with van der Waals surface area (Å²) in [5, 5.41) is 3.68. The number of rotatable bonds is 8. The summed E-state index contributed by atoms with van der Waals surface area (Å²) in [7, 11) is 0. The third-order valence-corrected chi connectivity index (χ3v) is 2.74. The molecule has 3 heteroatoms. The van der Waals surface area contributed by atoms with Crippen molar-refractivity contribution < 1.29 is 0 Å². The molecule has 74 valence electrons. The fraction of sp³-hybridized carbons (Fsp3) is 1.00. The maximum absolute atomic E-state index is 6.03. The summed E-state index contributed by atoms with van der Waals surface area (Å²) in [6.45, 7) is 4.24. The molecular formula is C9H20ClNS. The van der Waals surface area contributed by atoms with Crippen LogP contribution in [0.1, 0.15) is 26.2 Å². The van der Waals surface area contributed by atoms with Crippen molar-refractivity contribution in [1.29, 1.82) is 0 Å². The molecular weight excluding hydrogens is 190 g/mol. The third-order valence-electron chi connectivity index (χ3n) is 1.67. The Labute approximate surface area is 85.6 Å². The van der Waals surface area contributed by atoms with Crippen LogP contribution in [0.3, 0.4) is 0 Å². The van der Waals surface area contributed by atoms with Gasteiger partial charge in [0, 0.05) is 11.9 Å². The summed E-state index contributed by atoms with van der Waals surface area (Å²) in [4.78, 5) is 0. The lowest BCUT2D eigenvalue weighted by Gasteiger charge is -2.08. The highest BCUT2D eigenvalue weighted by Crippen LogP contribution is 2.03. The summed E-state index contributed by atoms with van der Waals surface area (Å²) in [6.07, 6.45) is 5.69. The largest absolute Gasteiger partial charge is 0.315 e. The molecule has 0 fully saturated rings. The van der Waals surface area contributed by atoms with E-state index in [0.29, 0.717) is 5.38 Å². The average Bonchev–Trinajstić information content (AvgIpc) is 2.05. The molecule has 0 amide bonds. The van der Waals surface area contributed by atoms with Crippen molar-refractivity contribution in [1.82, 2.24) is 5.32 Å². The van der Waals surface area contributed by atoms with Crippen molar-refractivity contribution in [2.24, 2.45) is 0 Å². The smallest absolute Gasteiger partial charge is 0.0460 e. The lowest BCUT2D eigenvalue weighted by Crippen LogP contribution is -2.24. The van der Waals surface area contributed by atoms with Gasteiger partial charge in [-0.05, 0) is 31.4 Å². The van der Waals surface area contributed by atoms with Crippen LogP contribution < -0.4 is 5.32 Å². The summed E-state index contributed by atoms with van der Waals surface area (Å²) in [5.74, 6) is 1.24. The van der Waals surface area contributed by atoms with Crippen LogP contribution in [-0.2, 0) is 0 Å². The summed E-state index contributed by atoms with van der Waals surface area (Å²) in [6, 6.07) is 0. The van der Waals surface area contributed by atoms with E-state index < -0.39 is 0 Å². The second kappa shape index (κ2) is 9.69. The van der Waals surface area contributed by atoms with E-state index in [4.69, 9.17) is 11.6 Å². The van der Waals surface area contributed by atoms with Gasteiger partial charge in [0.25, 0.3) is 0 Å². The highest BCUT2D eigenvalue weighted by molar-refractivity contribution is 7.98. The molecule has 0 saturated heterocycles. The van der Waals surface area contributed by atoms with Gasteiger partial charge in [-0.2, -0.15) is 11.8 Å². The fourth-order valence-electron chi connectivity index (χ4n) is 1.02. The minimum atomic E-state index is 0.323. The van der Waals surface area contributed by atoms with Crippen LogP contribution in [0.25, 0.3) is 0 Å². The fourth-order valence-corrected chi connectivity index (χ4v) is 1.78. The highest BCUT2D eigenvalue weighted by Gasteiger charge is 2.00. The molecule has 0 aromatic carbocycles. The monoisotopic (exact) mass is 209 g/mol. The van der Waals surface area contributed by atoms with E-state index in [9.17, 15) is 0 Å². The molecule has 12 heavy (non-hydrogen) atoms. The molecule has 1 nitrogen and oxygen atoms in total. The zero-order valence-electron chi connectivity index (χ0n) is 8.11. The van der Waals surface area contributed by atoms with Crippen LogP contribution in [0.4, 0.5) is 0 Å². The summed E-state index contributed by atoms with van der Waals surface area (Å²) in [5.41, 5.74) is 0. The summed E-state index contributed by atoms with van der Waals surface area (Å²) < 4.78 is 0. The molecule has 0 aliphatic carbocycles. The Bertz CT molecular complexity index is 90.6. The topological polar surface area (TPSA) is 12.0 Å². The van der Waals surface area contributed by atoms with Crippen LogP contribution in [0.2, 0.25) is 0 Å². The zero-order valence-corrected chi connectivity index (χ0v) is 9.68. The average molecular weight is 210 g/mol. The Morgan fingerprint density at radius 2 is 2.25 bits per heavy atom. The molecule has 0 bridgehead atoms. The summed E-state index contributed by atoms with van der Waals surface area (Å²) >= 11 is 7.92. The van der Waals surface area contributed by atoms with Crippen LogP contribution in [0.5, 0.6) is 0 Å². The van der Waals surface area contributed by atoms with Crippen molar-refractivity contribution in [2.75, 3.05) is 25.1 Å². The molecule has 0 radical (unpaired) electrons. The number of halogens is 1. The van der Waals surface area contributed by atoms with Gasteiger partial charge in [0.2, 0.25) is 0 Å². The van der Waals surface area contributed by atoms with Crippen molar-refractivity contribution in [3.05, 3.63) is 0 Å². The van der Waals surface area contributed by atoms with Gasteiger partial charge in [0.15, 0.2) is 0 Å². The number of nitrogens with one attached hydrogen (secondary N) is 1. The van der Waals surface area contributed by atoms with Crippen LogP contribution in [0.15, 0.2) is 0 Å². The minimum absolute atomic E-state index is 0.323. The first-order valence-electron chi connectivity index (χ1n) is 4.65. The van der Waals surface area contributed by atoms with Crippen molar-refractivity contribution in [3.63, 3.8) is 0 Å². The van der Waals surface area contributed by atoms with Gasteiger partial charge in [-0.1, -0.05) is 13.3 Å². The van der Waals surface area contributed by atoms with Gasteiger partial charge in [-0.3, -0.25) is 0 Å². The minimum Gasteiger partial charge on any atom is -0.315 e. The first-order valence-corrected chi connectivity index (χ1v) is 6.48. The van der Waals surface area contributed by atoms with Gasteiger partial charge in [-0.25, -0.2) is 0 Å². The predicted molar refractivity (Wildman–Crippen MR) is 60.4 cm³/mol. The van der Waals surface area contributed by atoms with Gasteiger partial charge >= 0.3 is 0 Å². The van der Waals surface area contributed by atoms with Crippen LogP contribution in [0, 0.1) is 0 Å². The maximum atomic E-state index is 6.03. The maximum Gasteiger partial charge on any atom is 0.0460 e. The van der Waals surface area contributed by atoms with Crippen molar-refractivity contribution in [2.45, 2.75) is 31.6 Å². The van der Waals surface area contributed by atoms with Crippen molar-refractivity contribution in [3.8, 4) is 0 Å². The van der Waals surface area contributed by atoms with E-state index in [-0.39, 0.29) is 0 Å². The SMILES string of the molecule is CCCC(Cl)CNCCCSC. The molecule has 0 aromatic rings. The Kier molecular flexibility index (Phi) is 10.2. The lowest BCUT2D eigenvalue weighted by atomic mass is 10.2. The quantitative estimate of drug-likeness (QED) is 0.488. The standard InChI is InChI=1S/C9H20ClNS/c1-3-5-9(10)8-11-6-4-7-12-2/h9,11H,3-8H2,1-2H3. The number of hydrogen-bond acceptors (Lipinski definition) is 2. The van der Waals surface area contributed by atoms with E-state index in [1.807, 2.05) is 11.8 Å². The predicted octanol–water partition coefficient (Wildman–Crippen LogP) is 2.74. The van der Waals surface area contributed by atoms with E-state index in [0.717, 1.165) is 19.5 Å². The number of thioether (sulfide) groups is 1. The lowest BCUT2D eigenvalue weighted by molar-refractivity contribution is 0.619. The van der Waals surface area contributed by atoms with Crippen LogP contribution in [-0.4, -0.2) is 30.5 Å². The normalized spacial score (nSPS) is 13.2. The Balaban J connectivity index is 2.97. The van der Waals surface area contributed by atoms with Gasteiger partial charge < -0.3 is 5.32 Å². The van der Waals surface area contributed by atoms with E-state index in [1.54, 1.807) is 0 Å². The van der Waals surface area contributed by atoms with Crippen molar-refractivity contribution >= 4 is 23.4 Å². The third kappa shape index (κ3) is 8.69. The molecule has 0 aromatic heterocycles. The van der Waals surface area contributed by atoms with Gasteiger partial charge in [0.1, 0.15) is 0 Å². The Hall–Kier alpha value is 0.600. The Morgan fingerprint density at radius 1 is 1.50 bits per heavy atom. The molecule has 1 atom stereocenters. The second-order valence-electron chi connectivity index (χ2n) is 2.94. The van der Waals surface area contributed by atoms with Crippen LogP contribution >= 0.6 is 23.4 Å². The Morgan fingerprint density at radius 3 is 2.83 bits per heavy atom. The zero-order chi connectivity index (χ0) is 9.23. The molecule has 0 saturated carbocycles. The molecule has 0 aliphatic rings. The van der Waals surface area contributed by atoms with Gasteiger partial charge in [0.05, 0.1) is 0 Å². The molecule has 0 heterocycles. The first-order chi connectivity index (χ1) is 5.81. The molecule has 0 spiro atoms. The second-order valence-corrected chi connectivity index (χ2v) is 4.54. The van der Waals surface area contributed by atoms with Gasteiger partial charge in [-0.15, -0.1) is 11.6 Å². The van der Waals surface area contributed by atoms with E-state index in [2.05, 4.69) is 18.5 Å². The molecule has 1 N–H and O–H groups in total. The first kappa shape index (κ1) is 12.6. The number of hydrogen-bond donors (Lipinski definition) is 1. The molecule has 1 unspecified atom stereocenters.